The second kappa shape index (κ2) is 23.9. The molecule has 426 valence electrons. The van der Waals surface area contributed by atoms with Gasteiger partial charge in [0.05, 0.1) is 91.2 Å². The Kier molecular flexibility index (Phi) is 16.4. The number of likely N-dealkylation sites (N-methyl/N-ethyl adjacent to an activating group) is 4. The molecule has 82 heavy (non-hydrogen) atoms. The van der Waals surface area contributed by atoms with Crippen molar-refractivity contribution in [3.8, 4) is 39.8 Å². The lowest BCUT2D eigenvalue weighted by Crippen LogP contribution is -2.29. The molecule has 2 aliphatic heterocycles. The first kappa shape index (κ1) is 56.2. The van der Waals surface area contributed by atoms with Crippen LogP contribution in [-0.4, -0.2) is 151 Å². The number of hydrogen-bond donors (Lipinski definition) is 4. The Morgan fingerprint density at radius 1 is 0.756 bits per heavy atom. The molecule has 11 rings (SSSR count). The number of pyridine rings is 1. The van der Waals surface area contributed by atoms with Gasteiger partial charge in [0.15, 0.2) is 5.82 Å². The lowest BCUT2D eigenvalue weighted by Gasteiger charge is -2.26. The molecule has 3 aliphatic rings. The number of nitrogens with one attached hydrogen (secondary N) is 4. The molecule has 22 heteroatoms. The van der Waals surface area contributed by atoms with E-state index in [1.165, 1.54) is 12.2 Å². The molecule has 0 radical (unpaired) electrons. The van der Waals surface area contributed by atoms with Gasteiger partial charge in [-0.15, -0.1) is 0 Å². The van der Waals surface area contributed by atoms with Crippen LogP contribution in [0.3, 0.4) is 0 Å². The molecule has 8 aromatic rings. The Bertz CT molecular complexity index is 3720. The predicted molar refractivity (Wildman–Crippen MR) is 320 cm³/mol. The molecule has 1 saturated carbocycles. The third-order valence-corrected chi connectivity index (χ3v) is 14.6. The first-order valence-corrected chi connectivity index (χ1v) is 26.9. The van der Waals surface area contributed by atoms with Crippen LogP contribution in [0.25, 0.3) is 44.5 Å². The molecular formula is C60H68FN15O6. The van der Waals surface area contributed by atoms with Crippen LogP contribution in [0.1, 0.15) is 18.5 Å². The summed E-state index contributed by atoms with van der Waals surface area (Å²) in [7, 11) is 15.1. The van der Waals surface area contributed by atoms with Crippen LogP contribution in [0, 0.1) is 5.82 Å². The van der Waals surface area contributed by atoms with Crippen molar-refractivity contribution in [2.45, 2.75) is 38.1 Å². The Labute approximate surface area is 475 Å². The summed E-state index contributed by atoms with van der Waals surface area (Å²) in [5.41, 5.74) is 9.06. The van der Waals surface area contributed by atoms with Gasteiger partial charge in [-0.05, 0) is 89.6 Å². The van der Waals surface area contributed by atoms with Crippen LogP contribution in [0.4, 0.5) is 50.4 Å². The Morgan fingerprint density at radius 3 is 1.98 bits per heavy atom. The highest BCUT2D eigenvalue weighted by molar-refractivity contribution is 6.04. The molecular weight excluding hydrogens is 1050 g/mol. The maximum Gasteiger partial charge on any atom is 0.247 e. The SMILES string of the molecule is C=CC(=O)Nc1cc(Nc2ncc(F)c(-c3c4n(c5ncccc35)CCOC4)n2)c(OC)cc1N(C)CCN(C)C.C=CC(=O)Nc1cc(Nc2nccc(-c3cn4c5c(cccc35)OC3(CC3)C4)n2)c(OC)cc1N(C)CCN(C)C. The number of nitrogens with zero attached hydrogens (tertiary/aromatic N) is 11. The largest absolute Gasteiger partial charge is 0.494 e. The van der Waals surface area contributed by atoms with Crippen molar-refractivity contribution in [2.75, 3.05) is 120 Å². The summed E-state index contributed by atoms with van der Waals surface area (Å²) >= 11 is 0. The third kappa shape index (κ3) is 11.9. The minimum Gasteiger partial charge on any atom is -0.494 e. The van der Waals surface area contributed by atoms with E-state index in [2.05, 4.69) is 85.9 Å². The van der Waals surface area contributed by atoms with E-state index in [0.717, 1.165) is 101 Å². The number of methoxy groups -OCH3 is 2. The molecule has 2 amide bonds. The fourth-order valence-electron chi connectivity index (χ4n) is 10.1. The van der Waals surface area contributed by atoms with Gasteiger partial charge in [-0.2, -0.15) is 0 Å². The fourth-order valence-corrected chi connectivity index (χ4v) is 10.1. The smallest absolute Gasteiger partial charge is 0.247 e. The quantitative estimate of drug-likeness (QED) is 0.0526. The molecule has 3 aromatic carbocycles. The van der Waals surface area contributed by atoms with Crippen molar-refractivity contribution in [3.63, 3.8) is 0 Å². The van der Waals surface area contributed by atoms with E-state index >= 15 is 4.39 Å². The highest BCUT2D eigenvalue weighted by Crippen LogP contribution is 2.49. The summed E-state index contributed by atoms with van der Waals surface area (Å²) in [6.07, 6.45) is 11.4. The molecule has 1 spiro atoms. The van der Waals surface area contributed by atoms with Gasteiger partial charge in [0.2, 0.25) is 23.7 Å². The van der Waals surface area contributed by atoms with Crippen LogP contribution >= 0.6 is 0 Å². The maximum absolute atomic E-state index is 15.3. The van der Waals surface area contributed by atoms with Gasteiger partial charge in [0, 0.05) is 99.4 Å². The lowest BCUT2D eigenvalue weighted by molar-refractivity contribution is -0.112. The third-order valence-electron chi connectivity index (χ3n) is 14.6. The van der Waals surface area contributed by atoms with E-state index < -0.39 is 5.82 Å². The number of carbonyl (C=O) groups is 2. The number of halogens is 1. The van der Waals surface area contributed by atoms with Crippen LogP contribution in [0.5, 0.6) is 17.2 Å². The first-order chi connectivity index (χ1) is 39.6. The van der Waals surface area contributed by atoms with Gasteiger partial charge in [-0.25, -0.2) is 29.3 Å². The summed E-state index contributed by atoms with van der Waals surface area (Å²) in [4.78, 5) is 55.6. The van der Waals surface area contributed by atoms with Gasteiger partial charge in [-0.1, -0.05) is 25.3 Å². The summed E-state index contributed by atoms with van der Waals surface area (Å²) in [5.74, 6) is 1.37. The molecule has 0 unspecified atom stereocenters. The Balaban J connectivity index is 0.000000184. The summed E-state index contributed by atoms with van der Waals surface area (Å²) in [5, 5.41) is 14.2. The van der Waals surface area contributed by atoms with E-state index in [4.69, 9.17) is 23.9 Å². The first-order valence-electron chi connectivity index (χ1n) is 26.9. The van der Waals surface area contributed by atoms with Crippen LogP contribution < -0.4 is 45.3 Å². The topological polar surface area (TPSA) is 206 Å². The normalized spacial score (nSPS) is 13.6. The van der Waals surface area contributed by atoms with Crippen molar-refractivity contribution in [2.24, 2.45) is 0 Å². The zero-order valence-corrected chi connectivity index (χ0v) is 47.5. The average Bonchev–Trinajstić information content (AvgIpc) is 3.05. The minimum atomic E-state index is -0.566. The molecule has 7 heterocycles. The number of aromatic nitrogens is 7. The number of hydrogen-bond acceptors (Lipinski definition) is 17. The van der Waals surface area contributed by atoms with Crippen LogP contribution in [0.15, 0.2) is 111 Å². The molecule has 0 saturated heterocycles. The van der Waals surface area contributed by atoms with Crippen molar-refractivity contribution in [1.82, 2.24) is 43.9 Å². The number of fused-ring (bicyclic) bond motifs is 3. The van der Waals surface area contributed by atoms with Crippen molar-refractivity contribution >= 4 is 79.8 Å². The number of rotatable bonds is 20. The predicted octanol–water partition coefficient (Wildman–Crippen LogP) is 8.93. The number of carbonyl (C=O) groups excluding carboxylic acids is 2. The second-order valence-corrected chi connectivity index (χ2v) is 20.9. The molecule has 1 aliphatic carbocycles. The second-order valence-electron chi connectivity index (χ2n) is 20.9. The Morgan fingerprint density at radius 2 is 1.38 bits per heavy atom. The molecule has 5 aromatic heterocycles. The highest BCUT2D eigenvalue weighted by Gasteiger charge is 2.48. The fraction of sp³-hybridized carbons (Fsp3) is 0.317. The molecule has 0 atom stereocenters. The van der Waals surface area contributed by atoms with Gasteiger partial charge >= 0.3 is 0 Å². The van der Waals surface area contributed by atoms with Crippen molar-refractivity contribution < 1.29 is 32.9 Å². The van der Waals surface area contributed by atoms with E-state index in [1.54, 1.807) is 32.7 Å². The number of para-hydroxylation sites is 1. The highest BCUT2D eigenvalue weighted by atomic mass is 19.1. The Hall–Kier alpha value is -9.12. The monoisotopic (exact) mass is 1110 g/mol. The van der Waals surface area contributed by atoms with E-state index in [9.17, 15) is 9.59 Å². The lowest BCUT2D eigenvalue weighted by atomic mass is 10.1. The number of benzene rings is 3. The standard InChI is InChI=1S/C31H35N7O3.C29H33FN8O3/c1-6-28(39)33-23-16-24(27(40-5)17-25(23)37(4)15-14-36(2)3)35-30-32-13-10-22(34-30)21-18-38-19-31(11-12-31)41-26-9-7-8-20(21)29(26)38;1-6-25(39)33-20-14-21(24(40-5)15-22(20)37(4)11-10-36(2)3)34-29-32-16-19(30)27(35-29)26-18-8-7-9-31-28(18)38-12-13-41-17-23(26)38/h6-10,13,16-18H,1,11-12,14-15,19H2,2-5H3,(H,33,39)(H,32,34,35);6-9,14-16H,1,10-13,17H2,2-5H3,(H,33,39)(H,32,34,35). The number of ether oxygens (including phenoxy) is 4. The van der Waals surface area contributed by atoms with Gasteiger partial charge in [-0.3, -0.25) is 9.59 Å². The summed E-state index contributed by atoms with van der Waals surface area (Å²) in [6, 6.07) is 19.1. The molecule has 21 nitrogen and oxygen atoms in total. The van der Waals surface area contributed by atoms with Crippen molar-refractivity contribution in [1.29, 1.82) is 0 Å². The number of anilines is 8. The van der Waals surface area contributed by atoms with E-state index in [0.29, 0.717) is 72.1 Å². The van der Waals surface area contributed by atoms with Crippen LogP contribution in [0.2, 0.25) is 0 Å². The molecule has 0 bridgehead atoms. The van der Waals surface area contributed by atoms with E-state index in [1.807, 2.05) is 100 Å². The minimum absolute atomic E-state index is 0.0576. The summed E-state index contributed by atoms with van der Waals surface area (Å²) in [6.45, 7) is 12.6. The summed E-state index contributed by atoms with van der Waals surface area (Å²) < 4.78 is 43.2. The average molecular weight is 1110 g/mol. The van der Waals surface area contributed by atoms with E-state index in [-0.39, 0.29) is 29.1 Å². The molecule has 1 fully saturated rings. The molecule has 4 N–H and O–H groups in total. The van der Waals surface area contributed by atoms with Gasteiger partial charge < -0.3 is 68.9 Å². The maximum atomic E-state index is 15.3. The zero-order valence-electron chi connectivity index (χ0n) is 47.5. The zero-order chi connectivity index (χ0) is 57.8. The van der Waals surface area contributed by atoms with Crippen molar-refractivity contribution in [3.05, 3.63) is 122 Å². The van der Waals surface area contributed by atoms with Gasteiger partial charge in [0.1, 0.15) is 34.2 Å². The van der Waals surface area contributed by atoms with Gasteiger partial charge in [0.25, 0.3) is 0 Å². The van der Waals surface area contributed by atoms with Crippen LogP contribution in [-0.2, 0) is 34.0 Å². The number of amides is 2.